The van der Waals surface area contributed by atoms with Crippen molar-refractivity contribution in [3.05, 3.63) is 12.7 Å². The van der Waals surface area contributed by atoms with Crippen LogP contribution in [0.1, 0.15) is 51.9 Å². The molecule has 1 aliphatic carbocycles. The van der Waals surface area contributed by atoms with E-state index in [9.17, 15) is 0 Å². The highest BCUT2D eigenvalue weighted by molar-refractivity contribution is 4.74. The molecule has 0 amide bonds. The van der Waals surface area contributed by atoms with Crippen LogP contribution in [0, 0.1) is 5.92 Å². The van der Waals surface area contributed by atoms with Gasteiger partial charge in [0.25, 0.3) is 0 Å². The molecule has 0 bridgehead atoms. The van der Waals surface area contributed by atoms with Crippen molar-refractivity contribution in [1.82, 2.24) is 5.32 Å². The Balaban J connectivity index is 2.05. The molecule has 1 heteroatoms. The molecule has 1 aliphatic rings. The van der Waals surface area contributed by atoms with Crippen LogP contribution in [0.5, 0.6) is 0 Å². The van der Waals surface area contributed by atoms with Crippen molar-refractivity contribution in [1.29, 1.82) is 0 Å². The molecule has 0 aromatic rings. The van der Waals surface area contributed by atoms with Gasteiger partial charge in [0.15, 0.2) is 0 Å². The van der Waals surface area contributed by atoms with Gasteiger partial charge in [-0.1, -0.05) is 38.2 Å². The minimum absolute atomic E-state index is 0.693. The summed E-state index contributed by atoms with van der Waals surface area (Å²) in [5.41, 5.74) is 0. The Bertz CT molecular complexity index is 147. The zero-order valence-electron chi connectivity index (χ0n) is 9.60. The first-order valence-electron chi connectivity index (χ1n) is 6.17. The maximum absolute atomic E-state index is 3.73. The molecule has 14 heavy (non-hydrogen) atoms. The highest BCUT2D eigenvalue weighted by atomic mass is 14.9. The molecular weight excluding hydrogens is 170 g/mol. The molecule has 1 unspecified atom stereocenters. The lowest BCUT2D eigenvalue weighted by atomic mass is 9.85. The van der Waals surface area contributed by atoms with E-state index in [2.05, 4.69) is 18.8 Å². The van der Waals surface area contributed by atoms with Crippen LogP contribution in [-0.2, 0) is 0 Å². The van der Waals surface area contributed by atoms with Gasteiger partial charge in [-0.15, -0.1) is 6.58 Å². The minimum Gasteiger partial charge on any atom is -0.314 e. The first kappa shape index (κ1) is 11.8. The lowest BCUT2D eigenvalue weighted by molar-refractivity contribution is 0.306. The second-order valence-corrected chi connectivity index (χ2v) is 4.67. The van der Waals surface area contributed by atoms with Gasteiger partial charge in [-0.3, -0.25) is 0 Å². The van der Waals surface area contributed by atoms with Gasteiger partial charge in [-0.05, 0) is 32.2 Å². The molecular formula is C13H25N. The summed E-state index contributed by atoms with van der Waals surface area (Å²) >= 11 is 0. The van der Waals surface area contributed by atoms with Gasteiger partial charge in [0.2, 0.25) is 0 Å². The first-order valence-corrected chi connectivity index (χ1v) is 6.17. The second kappa shape index (κ2) is 7.05. The smallest absolute Gasteiger partial charge is 0.00414 e. The van der Waals surface area contributed by atoms with E-state index in [1.807, 2.05) is 6.08 Å². The van der Waals surface area contributed by atoms with Crippen molar-refractivity contribution >= 4 is 0 Å². The zero-order valence-corrected chi connectivity index (χ0v) is 9.60. The Morgan fingerprint density at radius 3 is 2.71 bits per heavy atom. The predicted octanol–water partition coefficient (Wildman–Crippen LogP) is 3.51. The molecule has 0 aromatic carbocycles. The van der Waals surface area contributed by atoms with E-state index < -0.39 is 0 Å². The largest absolute Gasteiger partial charge is 0.314 e. The van der Waals surface area contributed by atoms with Crippen LogP contribution in [0.15, 0.2) is 12.7 Å². The average molecular weight is 195 g/mol. The van der Waals surface area contributed by atoms with Crippen molar-refractivity contribution in [2.45, 2.75) is 57.9 Å². The van der Waals surface area contributed by atoms with E-state index in [-0.39, 0.29) is 0 Å². The maximum Gasteiger partial charge on any atom is 0.00414 e. The fraction of sp³-hybridized carbons (Fsp3) is 0.846. The Hall–Kier alpha value is -0.300. The van der Waals surface area contributed by atoms with Gasteiger partial charge in [-0.2, -0.15) is 0 Å². The van der Waals surface area contributed by atoms with E-state index in [0.29, 0.717) is 6.04 Å². The fourth-order valence-corrected chi connectivity index (χ4v) is 2.44. The molecule has 1 nitrogen and oxygen atoms in total. The van der Waals surface area contributed by atoms with Crippen LogP contribution in [0.3, 0.4) is 0 Å². The minimum atomic E-state index is 0.693. The van der Waals surface area contributed by atoms with E-state index >= 15 is 0 Å². The monoisotopic (exact) mass is 195 g/mol. The van der Waals surface area contributed by atoms with Gasteiger partial charge >= 0.3 is 0 Å². The van der Waals surface area contributed by atoms with E-state index in [1.54, 1.807) is 0 Å². The summed E-state index contributed by atoms with van der Waals surface area (Å²) in [6, 6.07) is 0.693. The SMILES string of the molecule is C=CCCNC(C)CC1CCCCC1. The Morgan fingerprint density at radius 1 is 1.36 bits per heavy atom. The standard InChI is InChI=1S/C13H25N/c1-3-4-10-14-12(2)11-13-8-6-5-7-9-13/h3,12-14H,1,4-11H2,2H3. The third-order valence-electron chi connectivity index (χ3n) is 3.25. The number of hydrogen-bond acceptors (Lipinski definition) is 1. The number of nitrogens with one attached hydrogen (secondary N) is 1. The Kier molecular flexibility index (Phi) is 5.93. The lowest BCUT2D eigenvalue weighted by Gasteiger charge is -2.25. The van der Waals surface area contributed by atoms with Crippen molar-refractivity contribution in [2.75, 3.05) is 6.54 Å². The van der Waals surface area contributed by atoms with Crippen molar-refractivity contribution in [2.24, 2.45) is 5.92 Å². The van der Waals surface area contributed by atoms with Crippen molar-refractivity contribution in [3.63, 3.8) is 0 Å². The van der Waals surface area contributed by atoms with Crippen LogP contribution < -0.4 is 5.32 Å². The topological polar surface area (TPSA) is 12.0 Å². The van der Waals surface area contributed by atoms with Crippen LogP contribution >= 0.6 is 0 Å². The van der Waals surface area contributed by atoms with Crippen LogP contribution in [0.4, 0.5) is 0 Å². The highest BCUT2D eigenvalue weighted by Crippen LogP contribution is 2.27. The van der Waals surface area contributed by atoms with E-state index in [0.717, 1.165) is 18.9 Å². The molecule has 0 aliphatic heterocycles. The summed E-state index contributed by atoms with van der Waals surface area (Å²) in [7, 11) is 0. The first-order chi connectivity index (χ1) is 6.83. The van der Waals surface area contributed by atoms with E-state index in [4.69, 9.17) is 0 Å². The predicted molar refractivity (Wildman–Crippen MR) is 63.5 cm³/mol. The van der Waals surface area contributed by atoms with Gasteiger partial charge in [0.1, 0.15) is 0 Å². The molecule has 0 heterocycles. The molecule has 1 saturated carbocycles. The van der Waals surface area contributed by atoms with Crippen molar-refractivity contribution < 1.29 is 0 Å². The van der Waals surface area contributed by atoms with E-state index in [1.165, 1.54) is 38.5 Å². The number of rotatable bonds is 6. The molecule has 0 saturated heterocycles. The Labute approximate surface area is 89.0 Å². The quantitative estimate of drug-likeness (QED) is 0.505. The van der Waals surface area contributed by atoms with Crippen LogP contribution in [0.25, 0.3) is 0 Å². The lowest BCUT2D eigenvalue weighted by Crippen LogP contribution is -2.29. The van der Waals surface area contributed by atoms with Crippen LogP contribution in [-0.4, -0.2) is 12.6 Å². The third-order valence-corrected chi connectivity index (χ3v) is 3.25. The summed E-state index contributed by atoms with van der Waals surface area (Å²) < 4.78 is 0. The summed E-state index contributed by atoms with van der Waals surface area (Å²) in [4.78, 5) is 0. The number of hydrogen-bond donors (Lipinski definition) is 1. The zero-order chi connectivity index (χ0) is 10.2. The molecule has 1 rings (SSSR count). The third kappa shape index (κ3) is 4.80. The highest BCUT2D eigenvalue weighted by Gasteiger charge is 2.15. The summed E-state index contributed by atoms with van der Waals surface area (Å²) in [6.45, 7) is 7.14. The van der Waals surface area contributed by atoms with Gasteiger partial charge < -0.3 is 5.32 Å². The van der Waals surface area contributed by atoms with Crippen LogP contribution in [0.2, 0.25) is 0 Å². The van der Waals surface area contributed by atoms with Gasteiger partial charge in [0, 0.05) is 6.04 Å². The summed E-state index contributed by atoms with van der Waals surface area (Å²) in [6.07, 6.45) is 11.8. The molecule has 0 radical (unpaired) electrons. The van der Waals surface area contributed by atoms with Gasteiger partial charge in [0.05, 0.1) is 0 Å². The molecule has 82 valence electrons. The average Bonchev–Trinajstić information content (AvgIpc) is 2.20. The summed E-state index contributed by atoms with van der Waals surface area (Å²) in [5.74, 6) is 0.995. The molecule has 1 N–H and O–H groups in total. The fourth-order valence-electron chi connectivity index (χ4n) is 2.44. The molecule has 1 atom stereocenters. The molecule has 0 aromatic heterocycles. The molecule has 0 spiro atoms. The second-order valence-electron chi connectivity index (χ2n) is 4.67. The maximum atomic E-state index is 3.73. The normalized spacial score (nSPS) is 20.6. The van der Waals surface area contributed by atoms with Gasteiger partial charge in [-0.25, -0.2) is 0 Å². The molecule has 1 fully saturated rings. The Morgan fingerprint density at radius 2 is 2.07 bits per heavy atom. The summed E-state index contributed by atoms with van der Waals surface area (Å²) in [5, 5.41) is 3.56. The van der Waals surface area contributed by atoms with Crippen molar-refractivity contribution in [3.8, 4) is 0 Å².